The number of carbonyl (C=O) groups is 2. The Hall–Kier alpha value is -3.52. The van der Waals surface area contributed by atoms with Crippen LogP contribution in [-0.4, -0.2) is 29.4 Å². The topological polar surface area (TPSA) is 74.0 Å². The van der Waals surface area contributed by atoms with Gasteiger partial charge >= 0.3 is 0 Å². The van der Waals surface area contributed by atoms with Crippen molar-refractivity contribution in [3.63, 3.8) is 0 Å². The van der Waals surface area contributed by atoms with Crippen LogP contribution >= 0.6 is 0 Å². The van der Waals surface area contributed by atoms with Gasteiger partial charge in [0.25, 0.3) is 0 Å². The van der Waals surface area contributed by atoms with E-state index in [0.29, 0.717) is 12.8 Å². The summed E-state index contributed by atoms with van der Waals surface area (Å²) in [6.07, 6.45) is 6.30. The van der Waals surface area contributed by atoms with Gasteiger partial charge in [-0.25, -0.2) is 0 Å². The molecule has 0 fully saturated rings. The molecule has 3 rings (SSSR count). The van der Waals surface area contributed by atoms with Crippen molar-refractivity contribution in [2.24, 2.45) is 11.8 Å². The van der Waals surface area contributed by atoms with Gasteiger partial charge in [0, 0.05) is 29.6 Å². The third kappa shape index (κ3) is 8.86. The molecule has 174 valence electrons. The maximum Gasteiger partial charge on any atom is 0.239 e. The summed E-state index contributed by atoms with van der Waals surface area (Å²) in [5.74, 6) is 2.11. The number of aryl methyl sites for hydroxylation is 1. The second-order valence-corrected chi connectivity index (χ2v) is 8.69. The van der Waals surface area contributed by atoms with E-state index in [0.717, 1.165) is 16.6 Å². The van der Waals surface area contributed by atoms with Crippen LogP contribution < -0.4 is 10.6 Å². The fraction of sp³-hybridized carbons (Fsp3) is 0.357. The first-order chi connectivity index (χ1) is 15.8. The van der Waals surface area contributed by atoms with Crippen LogP contribution in [0.2, 0.25) is 0 Å². The minimum Gasteiger partial charge on any atom is -0.358 e. The molecule has 5 nitrogen and oxygen atoms in total. The van der Waals surface area contributed by atoms with Crippen LogP contribution in [0.5, 0.6) is 0 Å². The molecule has 0 radical (unpaired) electrons. The highest BCUT2D eigenvalue weighted by Crippen LogP contribution is 2.21. The van der Waals surface area contributed by atoms with E-state index in [-0.39, 0.29) is 36.2 Å². The second kappa shape index (κ2) is 13.1. The highest BCUT2D eigenvalue weighted by Gasteiger charge is 2.24. The molecule has 2 unspecified atom stereocenters. The number of hydrogen-bond donors (Lipinski definition) is 3. The molecule has 1 heterocycles. The number of terminal acetylenes is 1. The van der Waals surface area contributed by atoms with E-state index in [1.54, 1.807) is 0 Å². The predicted octanol–water partition coefficient (Wildman–Crippen LogP) is 4.62. The van der Waals surface area contributed by atoms with Crippen LogP contribution in [-0.2, 0) is 16.0 Å². The molecule has 0 saturated heterocycles. The lowest BCUT2D eigenvalue weighted by Crippen LogP contribution is -2.43. The fourth-order valence-corrected chi connectivity index (χ4v) is 3.50. The van der Waals surface area contributed by atoms with Crippen LogP contribution in [0.15, 0.2) is 60.7 Å². The molecule has 0 aliphatic rings. The molecule has 3 aromatic rings. The van der Waals surface area contributed by atoms with E-state index in [1.165, 1.54) is 5.56 Å². The zero-order chi connectivity index (χ0) is 24.2. The summed E-state index contributed by atoms with van der Waals surface area (Å²) >= 11 is 0. The number of para-hydroxylation sites is 1. The lowest BCUT2D eigenvalue weighted by Gasteiger charge is -2.20. The number of aromatic nitrogens is 1. The Morgan fingerprint density at radius 3 is 2.27 bits per heavy atom. The molecular weight excluding hydrogens is 410 g/mol. The summed E-state index contributed by atoms with van der Waals surface area (Å²) in [5, 5.41) is 6.65. The standard InChI is InChI=1S/C21H27N3O2.C7H8/c1-5-8-15(4)23-20(25)13-22-21(26)18(14(2)3)12-17-11-16-9-6-7-10-19(16)24-17;1-7-5-3-2-4-6-7/h1,6-7,9-11,14-15,18,24H,8,12-13H2,2-4H3,(H,22,26)(H,23,25);2-6H,1H3. The average Bonchev–Trinajstić information content (AvgIpc) is 3.19. The summed E-state index contributed by atoms with van der Waals surface area (Å²) in [6.45, 7) is 7.92. The number of amides is 2. The fourth-order valence-electron chi connectivity index (χ4n) is 3.50. The van der Waals surface area contributed by atoms with Gasteiger partial charge in [-0.05, 0) is 43.7 Å². The summed E-state index contributed by atoms with van der Waals surface area (Å²) < 4.78 is 0. The van der Waals surface area contributed by atoms with Crippen molar-refractivity contribution in [2.45, 2.75) is 46.6 Å². The molecular formula is C28H35N3O2. The Morgan fingerprint density at radius 2 is 1.70 bits per heavy atom. The van der Waals surface area contributed by atoms with Crippen molar-refractivity contribution in [1.29, 1.82) is 0 Å². The molecule has 3 N–H and O–H groups in total. The Morgan fingerprint density at radius 1 is 1.03 bits per heavy atom. The lowest BCUT2D eigenvalue weighted by atomic mass is 9.90. The van der Waals surface area contributed by atoms with Crippen molar-refractivity contribution in [3.8, 4) is 12.3 Å². The third-order valence-electron chi connectivity index (χ3n) is 5.36. The minimum atomic E-state index is -0.228. The summed E-state index contributed by atoms with van der Waals surface area (Å²) in [5.41, 5.74) is 3.40. The van der Waals surface area contributed by atoms with Gasteiger partial charge in [0.05, 0.1) is 6.54 Å². The molecule has 0 spiro atoms. The highest BCUT2D eigenvalue weighted by atomic mass is 16.2. The molecule has 2 aromatic carbocycles. The van der Waals surface area contributed by atoms with E-state index in [2.05, 4.69) is 46.7 Å². The predicted molar refractivity (Wildman–Crippen MR) is 136 cm³/mol. The molecule has 0 aliphatic heterocycles. The number of hydrogen-bond acceptors (Lipinski definition) is 2. The lowest BCUT2D eigenvalue weighted by molar-refractivity contribution is -0.129. The maximum atomic E-state index is 12.6. The normalized spacial score (nSPS) is 12.2. The average molecular weight is 446 g/mol. The van der Waals surface area contributed by atoms with E-state index >= 15 is 0 Å². The minimum absolute atomic E-state index is 0.0380. The Labute approximate surface area is 197 Å². The number of aromatic amines is 1. The monoisotopic (exact) mass is 445 g/mol. The van der Waals surface area contributed by atoms with Crippen molar-refractivity contribution in [1.82, 2.24) is 15.6 Å². The van der Waals surface area contributed by atoms with Crippen LogP contribution in [0.3, 0.4) is 0 Å². The SMILES string of the molecule is C#CCC(C)NC(=O)CNC(=O)C(Cc1cc2ccccc2[nH]1)C(C)C.Cc1ccccc1. The van der Waals surface area contributed by atoms with E-state index < -0.39 is 0 Å². The van der Waals surface area contributed by atoms with Crippen LogP contribution in [0.25, 0.3) is 10.9 Å². The van der Waals surface area contributed by atoms with E-state index in [9.17, 15) is 9.59 Å². The van der Waals surface area contributed by atoms with Gasteiger partial charge in [0.2, 0.25) is 11.8 Å². The quantitative estimate of drug-likeness (QED) is 0.443. The summed E-state index contributed by atoms with van der Waals surface area (Å²) in [7, 11) is 0. The van der Waals surface area contributed by atoms with Gasteiger partial charge in [-0.3, -0.25) is 9.59 Å². The maximum absolute atomic E-state index is 12.6. The molecule has 0 bridgehead atoms. The number of nitrogens with one attached hydrogen (secondary N) is 3. The number of carbonyl (C=O) groups excluding carboxylic acids is 2. The first-order valence-corrected chi connectivity index (χ1v) is 11.4. The van der Waals surface area contributed by atoms with Gasteiger partial charge in [0.15, 0.2) is 0 Å². The van der Waals surface area contributed by atoms with Crippen LogP contribution in [0.1, 0.15) is 38.4 Å². The smallest absolute Gasteiger partial charge is 0.239 e. The number of rotatable bonds is 8. The number of fused-ring (bicyclic) bond motifs is 1. The van der Waals surface area contributed by atoms with Crippen molar-refractivity contribution < 1.29 is 9.59 Å². The second-order valence-electron chi connectivity index (χ2n) is 8.69. The van der Waals surface area contributed by atoms with E-state index in [1.807, 2.05) is 63.2 Å². The molecule has 2 amide bonds. The Bertz CT molecular complexity index is 1030. The summed E-state index contributed by atoms with van der Waals surface area (Å²) in [4.78, 5) is 27.8. The zero-order valence-electron chi connectivity index (χ0n) is 20.0. The van der Waals surface area contributed by atoms with E-state index in [4.69, 9.17) is 6.42 Å². The Balaban J connectivity index is 0.000000468. The number of H-pyrrole nitrogens is 1. The Kier molecular flexibility index (Phi) is 10.2. The van der Waals surface area contributed by atoms with Gasteiger partial charge in [-0.2, -0.15) is 0 Å². The van der Waals surface area contributed by atoms with Crippen LogP contribution in [0, 0.1) is 31.1 Å². The highest BCUT2D eigenvalue weighted by molar-refractivity contribution is 5.86. The first kappa shape index (κ1) is 25.7. The molecule has 33 heavy (non-hydrogen) atoms. The van der Waals surface area contributed by atoms with Gasteiger partial charge in [-0.1, -0.05) is 67.9 Å². The van der Waals surface area contributed by atoms with Crippen molar-refractivity contribution in [2.75, 3.05) is 6.54 Å². The molecule has 1 aromatic heterocycles. The third-order valence-corrected chi connectivity index (χ3v) is 5.36. The van der Waals surface area contributed by atoms with Gasteiger partial charge < -0.3 is 15.6 Å². The largest absolute Gasteiger partial charge is 0.358 e. The first-order valence-electron chi connectivity index (χ1n) is 11.4. The van der Waals surface area contributed by atoms with Gasteiger partial charge in [0.1, 0.15) is 0 Å². The van der Waals surface area contributed by atoms with Crippen molar-refractivity contribution >= 4 is 22.7 Å². The van der Waals surface area contributed by atoms with Gasteiger partial charge in [-0.15, -0.1) is 12.3 Å². The molecule has 5 heteroatoms. The van der Waals surface area contributed by atoms with Crippen molar-refractivity contribution in [3.05, 3.63) is 71.9 Å². The summed E-state index contributed by atoms with van der Waals surface area (Å²) in [6, 6.07) is 20.3. The molecule has 2 atom stereocenters. The zero-order valence-corrected chi connectivity index (χ0v) is 20.0. The molecule has 0 saturated carbocycles. The number of benzene rings is 2. The molecule has 0 aliphatic carbocycles. The van der Waals surface area contributed by atoms with Crippen LogP contribution in [0.4, 0.5) is 0 Å².